The van der Waals surface area contributed by atoms with Gasteiger partial charge in [-0.25, -0.2) is 0 Å². The molecule has 0 unspecified atom stereocenters. The van der Waals surface area contributed by atoms with E-state index in [0.29, 0.717) is 13.0 Å². The Hall–Kier alpha value is -2.47. The van der Waals surface area contributed by atoms with E-state index in [1.807, 2.05) is 12.1 Å². The Morgan fingerprint density at radius 3 is 2.81 bits per heavy atom. The number of hydrogen-bond acceptors (Lipinski definition) is 4. The summed E-state index contributed by atoms with van der Waals surface area (Å²) < 4.78 is 0. The highest BCUT2D eigenvalue weighted by molar-refractivity contribution is 6.34. The first-order valence-corrected chi connectivity index (χ1v) is 6.57. The first kappa shape index (κ1) is 14.9. The van der Waals surface area contributed by atoms with Crippen LogP contribution in [0.5, 0.6) is 0 Å². The summed E-state index contributed by atoms with van der Waals surface area (Å²) in [6.07, 6.45) is 4.05. The van der Waals surface area contributed by atoms with Crippen molar-refractivity contribution in [3.05, 3.63) is 69.0 Å². The summed E-state index contributed by atoms with van der Waals surface area (Å²) in [5.41, 5.74) is 1.08. The molecule has 0 saturated carbocycles. The van der Waals surface area contributed by atoms with E-state index >= 15 is 0 Å². The molecule has 0 radical (unpaired) electrons. The summed E-state index contributed by atoms with van der Waals surface area (Å²) >= 11 is 5.89. The Labute approximate surface area is 125 Å². The minimum Gasteiger partial charge on any atom is -0.352 e. The molecule has 2 aromatic rings. The zero-order chi connectivity index (χ0) is 15.2. The fourth-order valence-corrected chi connectivity index (χ4v) is 2.02. The van der Waals surface area contributed by atoms with E-state index in [0.717, 1.165) is 11.6 Å². The summed E-state index contributed by atoms with van der Waals surface area (Å²) in [7, 11) is 0. The average Bonchev–Trinajstić information content (AvgIpc) is 2.48. The van der Waals surface area contributed by atoms with Crippen LogP contribution in [0.3, 0.4) is 0 Å². The van der Waals surface area contributed by atoms with Gasteiger partial charge in [0.1, 0.15) is 0 Å². The molecule has 1 aromatic carbocycles. The minimum absolute atomic E-state index is 0.0584. The van der Waals surface area contributed by atoms with Crippen molar-refractivity contribution in [2.24, 2.45) is 0 Å². The molecule has 0 atom stereocenters. The summed E-state index contributed by atoms with van der Waals surface area (Å²) in [5, 5.41) is 13.4. The number of benzene rings is 1. The number of non-ortho nitro benzene ring substituents is 1. The van der Waals surface area contributed by atoms with E-state index in [1.54, 1.807) is 12.4 Å². The molecule has 21 heavy (non-hydrogen) atoms. The minimum atomic E-state index is -0.560. The Morgan fingerprint density at radius 2 is 2.19 bits per heavy atom. The highest BCUT2D eigenvalue weighted by atomic mass is 35.5. The lowest BCUT2D eigenvalue weighted by molar-refractivity contribution is -0.384. The second kappa shape index (κ2) is 6.81. The van der Waals surface area contributed by atoms with Gasteiger partial charge in [-0.05, 0) is 24.1 Å². The van der Waals surface area contributed by atoms with Gasteiger partial charge < -0.3 is 5.32 Å². The maximum Gasteiger partial charge on any atom is 0.270 e. The number of aromatic nitrogens is 1. The zero-order valence-corrected chi connectivity index (χ0v) is 11.7. The number of hydrogen-bond donors (Lipinski definition) is 1. The standard InChI is InChI=1S/C14H12ClN3O3/c15-13-8-11(18(20)21)3-4-12(13)14(19)17-7-5-10-2-1-6-16-9-10/h1-4,6,8-9H,5,7H2,(H,17,19). The monoisotopic (exact) mass is 305 g/mol. The number of rotatable bonds is 5. The molecular weight excluding hydrogens is 294 g/mol. The molecule has 6 nitrogen and oxygen atoms in total. The fourth-order valence-electron chi connectivity index (χ4n) is 1.76. The highest BCUT2D eigenvalue weighted by Gasteiger charge is 2.14. The van der Waals surface area contributed by atoms with Crippen LogP contribution in [-0.4, -0.2) is 22.4 Å². The van der Waals surface area contributed by atoms with Crippen LogP contribution in [0.4, 0.5) is 5.69 Å². The van der Waals surface area contributed by atoms with Crippen LogP contribution in [0.15, 0.2) is 42.7 Å². The van der Waals surface area contributed by atoms with Gasteiger partial charge in [0.05, 0.1) is 15.5 Å². The smallest absolute Gasteiger partial charge is 0.270 e. The fraction of sp³-hybridized carbons (Fsp3) is 0.143. The second-order valence-corrected chi connectivity index (χ2v) is 4.70. The number of nitro groups is 1. The molecule has 0 saturated heterocycles. The largest absolute Gasteiger partial charge is 0.352 e. The number of carbonyl (C=O) groups is 1. The van der Waals surface area contributed by atoms with Crippen molar-refractivity contribution in [2.45, 2.75) is 6.42 Å². The van der Waals surface area contributed by atoms with E-state index in [2.05, 4.69) is 10.3 Å². The van der Waals surface area contributed by atoms with Crippen molar-refractivity contribution in [2.75, 3.05) is 6.54 Å². The molecule has 1 aromatic heterocycles. The van der Waals surface area contributed by atoms with Crippen LogP contribution in [0, 0.1) is 10.1 Å². The molecular formula is C14H12ClN3O3. The van der Waals surface area contributed by atoms with Gasteiger partial charge in [-0.1, -0.05) is 17.7 Å². The van der Waals surface area contributed by atoms with E-state index in [-0.39, 0.29) is 22.2 Å². The van der Waals surface area contributed by atoms with Crippen LogP contribution >= 0.6 is 11.6 Å². The summed E-state index contributed by atoms with van der Waals surface area (Å²) in [6.45, 7) is 0.428. The van der Waals surface area contributed by atoms with Crippen LogP contribution in [0.1, 0.15) is 15.9 Å². The number of carbonyl (C=O) groups excluding carboxylic acids is 1. The number of nitrogens with zero attached hydrogens (tertiary/aromatic N) is 2. The third-order valence-electron chi connectivity index (χ3n) is 2.83. The molecule has 7 heteroatoms. The molecule has 0 fully saturated rings. The van der Waals surface area contributed by atoms with Crippen molar-refractivity contribution in [3.63, 3.8) is 0 Å². The average molecular weight is 306 g/mol. The van der Waals surface area contributed by atoms with Gasteiger partial charge in [0.25, 0.3) is 11.6 Å². The lowest BCUT2D eigenvalue weighted by atomic mass is 10.1. The SMILES string of the molecule is O=C(NCCc1cccnc1)c1ccc([N+](=O)[O-])cc1Cl. The second-order valence-electron chi connectivity index (χ2n) is 4.29. The summed E-state index contributed by atoms with van der Waals surface area (Å²) in [5.74, 6) is -0.362. The molecule has 2 rings (SSSR count). The highest BCUT2D eigenvalue weighted by Crippen LogP contribution is 2.22. The maximum absolute atomic E-state index is 12.0. The predicted molar refractivity (Wildman–Crippen MR) is 78.4 cm³/mol. The lowest BCUT2D eigenvalue weighted by Crippen LogP contribution is -2.26. The zero-order valence-electron chi connectivity index (χ0n) is 11.0. The molecule has 1 heterocycles. The topological polar surface area (TPSA) is 85.1 Å². The number of pyridine rings is 1. The van der Waals surface area contributed by atoms with Crippen molar-refractivity contribution < 1.29 is 9.72 Å². The molecule has 1 N–H and O–H groups in total. The first-order valence-electron chi connectivity index (χ1n) is 6.19. The quantitative estimate of drug-likeness (QED) is 0.679. The maximum atomic E-state index is 12.0. The predicted octanol–water partition coefficient (Wildman–Crippen LogP) is 2.62. The number of amides is 1. The normalized spacial score (nSPS) is 10.1. The number of nitro benzene ring substituents is 1. The van der Waals surface area contributed by atoms with Gasteiger partial charge in [-0.2, -0.15) is 0 Å². The summed E-state index contributed by atoms with van der Waals surface area (Å²) in [6, 6.07) is 7.50. The molecule has 0 aliphatic heterocycles. The van der Waals surface area contributed by atoms with Crippen LogP contribution in [0.25, 0.3) is 0 Å². The van der Waals surface area contributed by atoms with Gasteiger partial charge in [0.2, 0.25) is 0 Å². The van der Waals surface area contributed by atoms with Crippen LogP contribution in [0.2, 0.25) is 5.02 Å². The van der Waals surface area contributed by atoms with E-state index in [4.69, 9.17) is 11.6 Å². The van der Waals surface area contributed by atoms with Gasteiger partial charge in [0.15, 0.2) is 0 Å². The molecule has 108 valence electrons. The Morgan fingerprint density at radius 1 is 1.38 bits per heavy atom. The van der Waals surface area contributed by atoms with Gasteiger partial charge >= 0.3 is 0 Å². The first-order chi connectivity index (χ1) is 10.1. The van der Waals surface area contributed by atoms with Crippen LogP contribution in [-0.2, 0) is 6.42 Å². The van der Waals surface area contributed by atoms with E-state index in [9.17, 15) is 14.9 Å². The third-order valence-corrected chi connectivity index (χ3v) is 3.14. The van der Waals surface area contributed by atoms with Gasteiger partial charge in [-0.3, -0.25) is 19.9 Å². The molecule has 0 aliphatic carbocycles. The Bertz CT molecular complexity index is 662. The van der Waals surface area contributed by atoms with Crippen molar-refractivity contribution in [3.8, 4) is 0 Å². The lowest BCUT2D eigenvalue weighted by Gasteiger charge is -2.06. The van der Waals surface area contributed by atoms with Crippen molar-refractivity contribution >= 4 is 23.2 Å². The Balaban J connectivity index is 1.96. The Kier molecular flexibility index (Phi) is 4.84. The number of nitrogens with one attached hydrogen (secondary N) is 1. The van der Waals surface area contributed by atoms with Crippen molar-refractivity contribution in [1.29, 1.82) is 0 Å². The molecule has 1 amide bonds. The third kappa shape index (κ3) is 4.00. The van der Waals surface area contributed by atoms with Crippen LogP contribution < -0.4 is 5.32 Å². The van der Waals surface area contributed by atoms with E-state index < -0.39 is 4.92 Å². The molecule has 0 bridgehead atoms. The number of halogens is 1. The van der Waals surface area contributed by atoms with Crippen molar-refractivity contribution in [1.82, 2.24) is 10.3 Å². The molecule has 0 aliphatic rings. The van der Waals surface area contributed by atoms with Gasteiger partial charge in [0, 0.05) is 31.1 Å². The summed E-state index contributed by atoms with van der Waals surface area (Å²) in [4.78, 5) is 26.0. The molecule has 0 spiro atoms. The van der Waals surface area contributed by atoms with E-state index in [1.165, 1.54) is 12.1 Å². The van der Waals surface area contributed by atoms with Gasteiger partial charge in [-0.15, -0.1) is 0 Å².